The number of aromatic nitrogens is 2. The number of carbonyl (C=O) groups is 1. The average Bonchev–Trinajstić information content (AvgIpc) is 3.05. The Morgan fingerprint density at radius 1 is 1.35 bits per heavy atom. The fourth-order valence-electron chi connectivity index (χ4n) is 2.70. The first-order valence-electron chi connectivity index (χ1n) is 6.73. The van der Waals surface area contributed by atoms with Gasteiger partial charge in [-0.1, -0.05) is 19.3 Å². The number of aromatic carboxylic acids is 1. The molecule has 0 aliphatic heterocycles. The second-order valence-corrected chi connectivity index (χ2v) is 5.85. The Morgan fingerprint density at radius 2 is 2.10 bits per heavy atom. The molecule has 0 spiro atoms. The van der Waals surface area contributed by atoms with Crippen LogP contribution in [-0.2, 0) is 0 Å². The zero-order chi connectivity index (χ0) is 14.1. The highest BCUT2D eigenvalue weighted by Crippen LogP contribution is 2.32. The van der Waals surface area contributed by atoms with E-state index in [4.69, 9.17) is 4.42 Å². The van der Waals surface area contributed by atoms with Crippen LogP contribution in [-0.4, -0.2) is 20.9 Å². The van der Waals surface area contributed by atoms with Gasteiger partial charge < -0.3 is 9.52 Å². The molecule has 3 rings (SSSR count). The summed E-state index contributed by atoms with van der Waals surface area (Å²) < 4.78 is 7.80. The minimum atomic E-state index is -0.977. The van der Waals surface area contributed by atoms with Gasteiger partial charge in [0.25, 0.3) is 0 Å². The summed E-state index contributed by atoms with van der Waals surface area (Å²) >= 11 is 3.23. The minimum Gasteiger partial charge on any atom is -0.478 e. The van der Waals surface area contributed by atoms with E-state index in [1.807, 2.05) is 0 Å². The largest absolute Gasteiger partial charge is 0.478 e. The number of carboxylic acids is 1. The molecule has 0 amide bonds. The summed E-state index contributed by atoms with van der Waals surface area (Å²) in [5, 5.41) is 13.8. The van der Waals surface area contributed by atoms with E-state index >= 15 is 0 Å². The highest BCUT2D eigenvalue weighted by atomic mass is 79.9. The molecule has 0 unspecified atom stereocenters. The summed E-state index contributed by atoms with van der Waals surface area (Å²) in [5.41, 5.74) is 0.589. The number of furan rings is 1. The van der Waals surface area contributed by atoms with E-state index in [0.29, 0.717) is 22.2 Å². The maximum atomic E-state index is 11.4. The summed E-state index contributed by atoms with van der Waals surface area (Å²) in [6.45, 7) is 0. The lowest BCUT2D eigenvalue weighted by Crippen LogP contribution is -2.13. The quantitative estimate of drug-likeness (QED) is 0.914. The predicted octanol–water partition coefficient (Wildman–Crippen LogP) is 4.11. The molecule has 106 valence electrons. The van der Waals surface area contributed by atoms with Gasteiger partial charge in [0.1, 0.15) is 11.3 Å². The van der Waals surface area contributed by atoms with Crippen LogP contribution in [0.25, 0.3) is 11.5 Å². The van der Waals surface area contributed by atoms with Gasteiger partial charge >= 0.3 is 5.97 Å². The Morgan fingerprint density at radius 3 is 2.70 bits per heavy atom. The SMILES string of the molecule is O=C(O)c1cn(C2CCCCC2)nc1-c1ccc(Br)o1. The lowest BCUT2D eigenvalue weighted by Gasteiger charge is -2.21. The van der Waals surface area contributed by atoms with Gasteiger partial charge in [-0.15, -0.1) is 0 Å². The molecular formula is C14H15BrN2O3. The molecule has 1 aliphatic carbocycles. The molecule has 6 heteroatoms. The van der Waals surface area contributed by atoms with Crippen molar-refractivity contribution in [3.63, 3.8) is 0 Å². The van der Waals surface area contributed by atoms with Crippen LogP contribution in [0.5, 0.6) is 0 Å². The van der Waals surface area contributed by atoms with Crippen LogP contribution in [0.3, 0.4) is 0 Å². The molecule has 1 fully saturated rings. The Bertz CT molecular complexity index is 626. The van der Waals surface area contributed by atoms with Gasteiger partial charge in [-0.2, -0.15) is 5.10 Å². The van der Waals surface area contributed by atoms with E-state index < -0.39 is 5.97 Å². The third-order valence-electron chi connectivity index (χ3n) is 3.72. The Kier molecular flexibility index (Phi) is 3.65. The van der Waals surface area contributed by atoms with Crippen molar-refractivity contribution in [2.75, 3.05) is 0 Å². The lowest BCUT2D eigenvalue weighted by atomic mass is 9.96. The molecule has 0 radical (unpaired) electrons. The van der Waals surface area contributed by atoms with Crippen molar-refractivity contribution in [3.8, 4) is 11.5 Å². The van der Waals surface area contributed by atoms with Crippen LogP contribution < -0.4 is 0 Å². The standard InChI is InChI=1S/C14H15BrN2O3/c15-12-7-6-11(20-12)13-10(14(18)19)8-17(16-13)9-4-2-1-3-5-9/h6-9H,1-5H2,(H,18,19). The third kappa shape index (κ3) is 2.52. The molecule has 5 nitrogen and oxygen atoms in total. The van der Waals surface area contributed by atoms with Crippen molar-refractivity contribution in [1.29, 1.82) is 0 Å². The van der Waals surface area contributed by atoms with Crippen LogP contribution in [0.1, 0.15) is 48.5 Å². The van der Waals surface area contributed by atoms with Gasteiger partial charge in [-0.05, 0) is 40.9 Å². The van der Waals surface area contributed by atoms with E-state index in [-0.39, 0.29) is 5.56 Å². The van der Waals surface area contributed by atoms with Gasteiger partial charge in [0, 0.05) is 6.20 Å². The zero-order valence-electron chi connectivity index (χ0n) is 10.9. The highest BCUT2D eigenvalue weighted by molar-refractivity contribution is 9.10. The first-order chi connectivity index (χ1) is 9.65. The molecule has 2 aromatic heterocycles. The van der Waals surface area contributed by atoms with Crippen LogP contribution in [0.15, 0.2) is 27.4 Å². The molecule has 1 aliphatic rings. The van der Waals surface area contributed by atoms with Gasteiger partial charge in [0.2, 0.25) is 0 Å². The van der Waals surface area contributed by atoms with Crippen molar-refractivity contribution in [1.82, 2.24) is 9.78 Å². The normalized spacial score (nSPS) is 16.4. The molecule has 0 bridgehead atoms. The van der Waals surface area contributed by atoms with Crippen LogP contribution in [0.4, 0.5) is 0 Å². The maximum absolute atomic E-state index is 11.4. The predicted molar refractivity (Wildman–Crippen MR) is 76.7 cm³/mol. The molecule has 0 aromatic carbocycles. The Hall–Kier alpha value is -1.56. The van der Waals surface area contributed by atoms with Crippen LogP contribution >= 0.6 is 15.9 Å². The van der Waals surface area contributed by atoms with Crippen molar-refractivity contribution in [2.45, 2.75) is 38.1 Å². The first-order valence-corrected chi connectivity index (χ1v) is 7.52. The third-order valence-corrected chi connectivity index (χ3v) is 4.14. The van der Waals surface area contributed by atoms with Crippen molar-refractivity contribution in [3.05, 3.63) is 28.6 Å². The van der Waals surface area contributed by atoms with Crippen molar-refractivity contribution < 1.29 is 14.3 Å². The maximum Gasteiger partial charge on any atom is 0.339 e. The zero-order valence-corrected chi connectivity index (χ0v) is 12.5. The molecule has 0 saturated heterocycles. The molecule has 2 aromatic rings. The van der Waals surface area contributed by atoms with Crippen molar-refractivity contribution >= 4 is 21.9 Å². The number of carboxylic acid groups (broad SMARTS) is 1. The monoisotopic (exact) mass is 338 g/mol. The summed E-state index contributed by atoms with van der Waals surface area (Å²) in [6, 6.07) is 3.76. The number of hydrogen-bond donors (Lipinski definition) is 1. The van der Waals surface area contributed by atoms with Crippen LogP contribution in [0, 0.1) is 0 Å². The molecule has 1 N–H and O–H groups in total. The highest BCUT2D eigenvalue weighted by Gasteiger charge is 2.23. The van der Waals surface area contributed by atoms with E-state index in [2.05, 4.69) is 21.0 Å². The van der Waals surface area contributed by atoms with Gasteiger partial charge in [0.05, 0.1) is 6.04 Å². The number of rotatable bonds is 3. The topological polar surface area (TPSA) is 68.3 Å². The average molecular weight is 339 g/mol. The Labute approximate surface area is 124 Å². The summed E-state index contributed by atoms with van der Waals surface area (Å²) in [7, 11) is 0. The van der Waals surface area contributed by atoms with E-state index in [9.17, 15) is 9.90 Å². The Balaban J connectivity index is 2.00. The fourth-order valence-corrected chi connectivity index (χ4v) is 3.01. The fraction of sp³-hybridized carbons (Fsp3) is 0.429. The second-order valence-electron chi connectivity index (χ2n) is 5.07. The number of nitrogens with zero attached hydrogens (tertiary/aromatic N) is 2. The molecule has 20 heavy (non-hydrogen) atoms. The summed E-state index contributed by atoms with van der Waals surface area (Å²) in [4.78, 5) is 11.4. The van der Waals surface area contributed by atoms with Gasteiger partial charge in [0.15, 0.2) is 10.4 Å². The number of halogens is 1. The summed E-state index contributed by atoms with van der Waals surface area (Å²) in [6.07, 6.45) is 7.35. The van der Waals surface area contributed by atoms with E-state index in [1.165, 1.54) is 19.3 Å². The van der Waals surface area contributed by atoms with Gasteiger partial charge in [-0.25, -0.2) is 4.79 Å². The van der Waals surface area contributed by atoms with E-state index in [1.54, 1.807) is 23.0 Å². The summed E-state index contributed by atoms with van der Waals surface area (Å²) in [5.74, 6) is -0.501. The minimum absolute atomic E-state index is 0.192. The molecule has 0 atom stereocenters. The first kappa shape index (κ1) is 13.4. The molecule has 1 saturated carbocycles. The van der Waals surface area contributed by atoms with E-state index in [0.717, 1.165) is 12.8 Å². The lowest BCUT2D eigenvalue weighted by molar-refractivity contribution is 0.0697. The van der Waals surface area contributed by atoms with Crippen LogP contribution in [0.2, 0.25) is 0 Å². The smallest absolute Gasteiger partial charge is 0.339 e. The number of hydrogen-bond acceptors (Lipinski definition) is 3. The second kappa shape index (κ2) is 5.44. The molecule has 2 heterocycles. The molecular weight excluding hydrogens is 324 g/mol. The van der Waals surface area contributed by atoms with Crippen molar-refractivity contribution in [2.24, 2.45) is 0 Å². The van der Waals surface area contributed by atoms with Gasteiger partial charge in [-0.3, -0.25) is 4.68 Å².